The van der Waals surface area contributed by atoms with E-state index in [9.17, 15) is 17.6 Å². The van der Waals surface area contributed by atoms with Crippen LogP contribution in [0.3, 0.4) is 0 Å². The maximum Gasteiger partial charge on any atom is 0.243 e. The molecule has 1 aliphatic rings. The topological polar surface area (TPSA) is 119 Å². The number of hydrogen-bond acceptors (Lipinski definition) is 7. The fourth-order valence-corrected chi connectivity index (χ4v) is 5.11. The summed E-state index contributed by atoms with van der Waals surface area (Å²) in [5, 5.41) is 13.7. The third-order valence-electron chi connectivity index (χ3n) is 4.98. The van der Waals surface area contributed by atoms with E-state index in [2.05, 4.69) is 20.8 Å². The van der Waals surface area contributed by atoms with Crippen LogP contribution < -0.4 is 10.1 Å². The Bertz CT molecular complexity index is 1180. The number of rotatable bonds is 6. The Labute approximate surface area is 177 Å². The SMILES string of the molecule is COc1cc(-n2cnnn2)ccc1NC(=O)C1CCCN1S(=O)(=O)c1ccc(F)cc1. The van der Waals surface area contributed by atoms with Crippen LogP contribution in [0.4, 0.5) is 10.1 Å². The number of carbonyl (C=O) groups is 1. The molecule has 1 atom stereocenters. The van der Waals surface area contributed by atoms with Crippen LogP contribution in [0.1, 0.15) is 12.8 Å². The molecule has 2 heterocycles. The zero-order valence-corrected chi connectivity index (χ0v) is 17.3. The quantitative estimate of drug-likeness (QED) is 0.611. The molecule has 0 aliphatic carbocycles. The standard InChI is InChI=1S/C19H19FN6O4S/c1-30-18-11-14(25-12-21-23-24-25)6-9-16(18)22-19(27)17-3-2-10-26(17)31(28,29)15-7-4-13(20)5-8-15/h4-9,11-12,17H,2-3,10H2,1H3,(H,22,27). The lowest BCUT2D eigenvalue weighted by atomic mass is 10.2. The van der Waals surface area contributed by atoms with Crippen LogP contribution >= 0.6 is 0 Å². The van der Waals surface area contributed by atoms with Gasteiger partial charge in [0.25, 0.3) is 0 Å². The maximum atomic E-state index is 13.2. The first kappa shape index (κ1) is 20.9. The Balaban J connectivity index is 1.56. The fraction of sp³-hybridized carbons (Fsp3) is 0.263. The molecule has 162 valence electrons. The Kier molecular flexibility index (Phi) is 5.65. The van der Waals surface area contributed by atoms with E-state index in [0.717, 1.165) is 16.4 Å². The Morgan fingerprint density at radius 3 is 2.68 bits per heavy atom. The molecule has 3 aromatic rings. The molecule has 1 unspecified atom stereocenters. The second kappa shape index (κ2) is 8.40. The Morgan fingerprint density at radius 2 is 2.00 bits per heavy atom. The fourth-order valence-electron chi connectivity index (χ4n) is 3.45. The number of amides is 1. The second-order valence-electron chi connectivity index (χ2n) is 6.86. The molecule has 2 aromatic carbocycles. The van der Waals surface area contributed by atoms with Crippen molar-refractivity contribution in [1.82, 2.24) is 24.5 Å². The molecule has 1 aromatic heterocycles. The van der Waals surface area contributed by atoms with Crippen molar-refractivity contribution in [1.29, 1.82) is 0 Å². The van der Waals surface area contributed by atoms with Crippen LogP contribution in [0, 0.1) is 5.82 Å². The van der Waals surface area contributed by atoms with Gasteiger partial charge in [0.1, 0.15) is 23.9 Å². The predicted octanol–water partition coefficient (Wildman–Crippen LogP) is 1.60. The van der Waals surface area contributed by atoms with E-state index in [0.29, 0.717) is 30.0 Å². The minimum absolute atomic E-state index is 0.0584. The summed E-state index contributed by atoms with van der Waals surface area (Å²) in [4.78, 5) is 12.9. The molecule has 4 rings (SSSR count). The Hall–Kier alpha value is -3.38. The number of hydrogen-bond donors (Lipinski definition) is 1. The van der Waals surface area contributed by atoms with Crippen molar-refractivity contribution >= 4 is 21.6 Å². The van der Waals surface area contributed by atoms with Crippen LogP contribution in [0.5, 0.6) is 5.75 Å². The number of tetrazole rings is 1. The molecular weight excluding hydrogens is 427 g/mol. The molecule has 10 nitrogen and oxygen atoms in total. The molecule has 0 bridgehead atoms. The smallest absolute Gasteiger partial charge is 0.243 e. The van der Waals surface area contributed by atoms with E-state index in [1.54, 1.807) is 18.2 Å². The number of sulfonamides is 1. The highest BCUT2D eigenvalue weighted by Gasteiger charge is 2.39. The molecule has 1 N–H and O–H groups in total. The van der Waals surface area contributed by atoms with Crippen LogP contribution in [0.15, 0.2) is 53.7 Å². The number of methoxy groups -OCH3 is 1. The normalized spacial score (nSPS) is 16.9. The number of carbonyl (C=O) groups excluding carboxylic acids is 1. The van der Waals surface area contributed by atoms with E-state index in [1.807, 2.05) is 0 Å². The summed E-state index contributed by atoms with van der Waals surface area (Å²) in [7, 11) is -2.49. The lowest BCUT2D eigenvalue weighted by Crippen LogP contribution is -2.43. The number of nitrogens with zero attached hydrogens (tertiary/aromatic N) is 5. The first-order valence-corrected chi connectivity index (χ1v) is 10.8. The summed E-state index contributed by atoms with van der Waals surface area (Å²) in [5.41, 5.74) is 1.01. The van der Waals surface area contributed by atoms with Gasteiger partial charge in [-0.25, -0.2) is 17.5 Å². The first-order chi connectivity index (χ1) is 14.9. The minimum atomic E-state index is -3.94. The molecule has 31 heavy (non-hydrogen) atoms. The maximum absolute atomic E-state index is 13.2. The number of nitrogens with one attached hydrogen (secondary N) is 1. The van der Waals surface area contributed by atoms with Crippen LogP contribution in [0.25, 0.3) is 5.69 Å². The average molecular weight is 446 g/mol. The van der Waals surface area contributed by atoms with Gasteiger partial charge < -0.3 is 10.1 Å². The third kappa shape index (κ3) is 4.11. The lowest BCUT2D eigenvalue weighted by molar-refractivity contribution is -0.119. The van der Waals surface area contributed by atoms with E-state index in [1.165, 1.54) is 30.3 Å². The van der Waals surface area contributed by atoms with Gasteiger partial charge in [-0.3, -0.25) is 4.79 Å². The number of ether oxygens (including phenoxy) is 1. The summed E-state index contributed by atoms with van der Waals surface area (Å²) < 4.78 is 47.1. The molecule has 0 radical (unpaired) electrons. The monoisotopic (exact) mass is 446 g/mol. The van der Waals surface area contributed by atoms with Crippen LogP contribution in [-0.2, 0) is 14.8 Å². The number of aromatic nitrogens is 4. The van der Waals surface area contributed by atoms with E-state index in [4.69, 9.17) is 4.74 Å². The van der Waals surface area contributed by atoms with Crippen molar-refractivity contribution in [3.8, 4) is 11.4 Å². The van der Waals surface area contributed by atoms with Crippen LogP contribution in [-0.4, -0.2) is 58.5 Å². The van der Waals surface area contributed by atoms with Crippen molar-refractivity contribution < 1.29 is 22.3 Å². The second-order valence-corrected chi connectivity index (χ2v) is 8.75. The summed E-state index contributed by atoms with van der Waals surface area (Å²) >= 11 is 0. The number of halogens is 1. The third-order valence-corrected chi connectivity index (χ3v) is 6.91. The largest absolute Gasteiger partial charge is 0.494 e. The van der Waals surface area contributed by atoms with Crippen molar-refractivity contribution in [3.63, 3.8) is 0 Å². The highest BCUT2D eigenvalue weighted by atomic mass is 32.2. The van der Waals surface area contributed by atoms with Crippen molar-refractivity contribution in [2.45, 2.75) is 23.8 Å². The molecule has 1 fully saturated rings. The highest BCUT2D eigenvalue weighted by Crippen LogP contribution is 2.30. The van der Waals surface area contributed by atoms with Crippen molar-refractivity contribution in [3.05, 3.63) is 54.6 Å². The zero-order valence-electron chi connectivity index (χ0n) is 16.5. The molecule has 0 saturated carbocycles. The summed E-state index contributed by atoms with van der Waals surface area (Å²) in [6, 6.07) is 8.62. The molecule has 1 aliphatic heterocycles. The van der Waals surface area contributed by atoms with Crippen molar-refractivity contribution in [2.24, 2.45) is 0 Å². The molecule has 0 spiro atoms. The molecule has 1 amide bonds. The summed E-state index contributed by atoms with van der Waals surface area (Å²) in [5.74, 6) is -0.643. The Morgan fingerprint density at radius 1 is 1.23 bits per heavy atom. The predicted molar refractivity (Wildman–Crippen MR) is 108 cm³/mol. The number of benzene rings is 2. The minimum Gasteiger partial charge on any atom is -0.494 e. The van der Waals surface area contributed by atoms with Gasteiger partial charge in [-0.2, -0.15) is 4.31 Å². The van der Waals surface area contributed by atoms with Gasteiger partial charge in [0, 0.05) is 12.6 Å². The van der Waals surface area contributed by atoms with E-state index in [-0.39, 0.29) is 11.4 Å². The van der Waals surface area contributed by atoms with E-state index < -0.39 is 27.8 Å². The molecule has 12 heteroatoms. The lowest BCUT2D eigenvalue weighted by Gasteiger charge is -2.24. The van der Waals surface area contributed by atoms with Gasteiger partial charge in [-0.1, -0.05) is 0 Å². The van der Waals surface area contributed by atoms with Gasteiger partial charge >= 0.3 is 0 Å². The van der Waals surface area contributed by atoms with E-state index >= 15 is 0 Å². The zero-order chi connectivity index (χ0) is 22.0. The van der Waals surface area contributed by atoms with Gasteiger partial charge in [-0.05, 0) is 59.7 Å². The summed E-state index contributed by atoms with van der Waals surface area (Å²) in [6.45, 7) is 0.202. The first-order valence-electron chi connectivity index (χ1n) is 9.40. The highest BCUT2D eigenvalue weighted by molar-refractivity contribution is 7.89. The van der Waals surface area contributed by atoms with Crippen LogP contribution in [0.2, 0.25) is 0 Å². The molecule has 1 saturated heterocycles. The van der Waals surface area contributed by atoms with Crippen molar-refractivity contribution in [2.75, 3.05) is 19.0 Å². The van der Waals surface area contributed by atoms with Gasteiger partial charge in [0.2, 0.25) is 15.9 Å². The average Bonchev–Trinajstić information content (AvgIpc) is 3.47. The van der Waals surface area contributed by atoms with Gasteiger partial charge in [0.05, 0.1) is 23.4 Å². The summed E-state index contributed by atoms with van der Waals surface area (Å²) in [6.07, 6.45) is 2.33. The van der Waals surface area contributed by atoms with Gasteiger partial charge in [0.15, 0.2) is 0 Å². The van der Waals surface area contributed by atoms with Gasteiger partial charge in [-0.15, -0.1) is 5.10 Å². The molecular formula is C19H19FN6O4S. The number of anilines is 1.